The number of nitrogens with zero attached hydrogens (tertiary/aromatic N) is 1. The Bertz CT molecular complexity index is 1440. The fraction of sp³-hybridized carbons (Fsp3) is 0.250. The molecule has 4 N–H and O–H groups in total. The number of imide groups is 1. The number of phenols is 2. The number of anilines is 1. The summed E-state index contributed by atoms with van der Waals surface area (Å²) in [4.78, 5) is 42.5. The van der Waals surface area contributed by atoms with E-state index in [0.29, 0.717) is 22.6 Å². The lowest BCUT2D eigenvalue weighted by molar-refractivity contribution is -0.143. The lowest BCUT2D eigenvalue weighted by Gasteiger charge is -2.29. The second kappa shape index (κ2) is 8.35. The SMILES string of the molecule is COc1ccc(CN2C(=O)[C@H]3[C@@H](C2=O)[C@]2(N[C@@H]3Cc3ccc(O)c(O)c3)C(=O)Nc3ccccc32)cc1. The number of para-hydroxylation sites is 1. The number of carbonyl (C=O) groups excluding carboxylic acids is 3. The third-order valence-corrected chi connectivity index (χ3v) is 7.71. The van der Waals surface area contributed by atoms with E-state index < -0.39 is 29.3 Å². The van der Waals surface area contributed by atoms with Crippen molar-refractivity contribution in [1.29, 1.82) is 0 Å². The van der Waals surface area contributed by atoms with Crippen molar-refractivity contribution in [2.75, 3.05) is 12.4 Å². The summed E-state index contributed by atoms with van der Waals surface area (Å²) >= 11 is 0. The molecule has 3 aromatic rings. The highest BCUT2D eigenvalue weighted by Crippen LogP contribution is 2.53. The Balaban J connectivity index is 1.41. The van der Waals surface area contributed by atoms with Crippen LogP contribution < -0.4 is 15.4 Å². The summed E-state index contributed by atoms with van der Waals surface area (Å²) in [5, 5.41) is 26.0. The van der Waals surface area contributed by atoms with Gasteiger partial charge in [-0.25, -0.2) is 0 Å². The van der Waals surface area contributed by atoms with E-state index in [1.165, 1.54) is 17.0 Å². The van der Waals surface area contributed by atoms with Crippen LogP contribution in [0.2, 0.25) is 0 Å². The van der Waals surface area contributed by atoms with E-state index in [4.69, 9.17) is 4.74 Å². The minimum absolute atomic E-state index is 0.0841. The van der Waals surface area contributed by atoms with Crippen LogP contribution in [0.25, 0.3) is 0 Å². The molecular weight excluding hydrogens is 474 g/mol. The van der Waals surface area contributed by atoms with E-state index in [2.05, 4.69) is 10.6 Å². The number of hydrogen-bond acceptors (Lipinski definition) is 7. The van der Waals surface area contributed by atoms with Gasteiger partial charge in [0.15, 0.2) is 11.5 Å². The van der Waals surface area contributed by atoms with Crippen molar-refractivity contribution in [2.24, 2.45) is 11.8 Å². The zero-order chi connectivity index (χ0) is 25.9. The Kier molecular flexibility index (Phi) is 5.20. The molecule has 9 nitrogen and oxygen atoms in total. The van der Waals surface area contributed by atoms with Gasteiger partial charge >= 0.3 is 0 Å². The molecule has 3 aromatic carbocycles. The summed E-state index contributed by atoms with van der Waals surface area (Å²) in [5.41, 5.74) is 1.27. The van der Waals surface area contributed by atoms with Gasteiger partial charge in [-0.3, -0.25) is 24.6 Å². The predicted octanol–water partition coefficient (Wildman–Crippen LogP) is 2.27. The van der Waals surface area contributed by atoms with Crippen LogP contribution in [0.5, 0.6) is 17.2 Å². The number of amides is 3. The van der Waals surface area contributed by atoms with Crippen LogP contribution in [0.4, 0.5) is 5.69 Å². The first-order valence-corrected chi connectivity index (χ1v) is 12.0. The summed E-state index contributed by atoms with van der Waals surface area (Å²) < 4.78 is 5.20. The van der Waals surface area contributed by atoms with Gasteiger partial charge in [0.2, 0.25) is 17.7 Å². The maximum absolute atomic E-state index is 13.9. The molecular formula is C28H25N3O6. The zero-order valence-corrected chi connectivity index (χ0v) is 20.0. The standard InChI is InChI=1S/C28H25N3O6/c1-37-17-9-6-15(7-10-17)14-31-25(34)23-20(12-16-8-11-21(32)22(33)13-16)30-28(24(23)26(31)35)18-4-2-3-5-19(18)29-27(28)36/h2-11,13,20,23-24,30,32-33H,12,14H2,1H3,(H,29,36)/t20-,23-,24+,28+/m1/s1. The molecule has 0 saturated carbocycles. The van der Waals surface area contributed by atoms with Gasteiger partial charge in [-0.15, -0.1) is 0 Å². The van der Waals surface area contributed by atoms with Crippen LogP contribution in [-0.2, 0) is 32.9 Å². The molecule has 0 aromatic heterocycles. The quantitative estimate of drug-likeness (QED) is 0.313. The Morgan fingerprint density at radius 1 is 0.919 bits per heavy atom. The van der Waals surface area contributed by atoms with Gasteiger partial charge in [-0.2, -0.15) is 0 Å². The first-order chi connectivity index (χ1) is 17.8. The number of carbonyl (C=O) groups is 3. The monoisotopic (exact) mass is 499 g/mol. The number of nitrogens with one attached hydrogen (secondary N) is 2. The van der Waals surface area contributed by atoms with Crippen LogP contribution >= 0.6 is 0 Å². The van der Waals surface area contributed by atoms with Crippen LogP contribution in [0.3, 0.4) is 0 Å². The van der Waals surface area contributed by atoms with Crippen molar-refractivity contribution >= 4 is 23.4 Å². The molecule has 3 heterocycles. The van der Waals surface area contributed by atoms with Crippen LogP contribution in [0, 0.1) is 11.8 Å². The average Bonchev–Trinajstić information content (AvgIpc) is 3.47. The fourth-order valence-electron chi connectivity index (χ4n) is 6.01. The van der Waals surface area contributed by atoms with Crippen molar-refractivity contribution in [3.8, 4) is 17.2 Å². The third kappa shape index (κ3) is 3.38. The van der Waals surface area contributed by atoms with E-state index in [0.717, 1.165) is 5.56 Å². The minimum Gasteiger partial charge on any atom is -0.504 e. The number of benzene rings is 3. The molecule has 3 aliphatic heterocycles. The molecule has 0 radical (unpaired) electrons. The van der Waals surface area contributed by atoms with E-state index in [9.17, 15) is 24.6 Å². The number of phenolic OH excluding ortho intramolecular Hbond substituents is 2. The lowest BCUT2D eigenvalue weighted by Crippen LogP contribution is -2.53. The Morgan fingerprint density at radius 3 is 2.38 bits per heavy atom. The smallest absolute Gasteiger partial charge is 0.250 e. The van der Waals surface area contributed by atoms with Crippen molar-refractivity contribution in [3.63, 3.8) is 0 Å². The average molecular weight is 500 g/mol. The second-order valence-electron chi connectivity index (χ2n) is 9.70. The van der Waals surface area contributed by atoms with Gasteiger partial charge in [-0.1, -0.05) is 36.4 Å². The molecule has 6 rings (SSSR count). The van der Waals surface area contributed by atoms with Gasteiger partial charge in [-0.05, 0) is 47.9 Å². The summed E-state index contributed by atoms with van der Waals surface area (Å²) in [5.74, 6) is -2.70. The fourth-order valence-corrected chi connectivity index (χ4v) is 6.01. The van der Waals surface area contributed by atoms with Gasteiger partial charge in [0, 0.05) is 17.3 Å². The largest absolute Gasteiger partial charge is 0.504 e. The molecule has 2 fully saturated rings. The molecule has 3 amide bonds. The van der Waals surface area contributed by atoms with Gasteiger partial charge < -0.3 is 20.3 Å². The molecule has 4 atom stereocenters. The van der Waals surface area contributed by atoms with E-state index in [-0.39, 0.29) is 36.3 Å². The van der Waals surface area contributed by atoms with E-state index in [1.54, 1.807) is 61.7 Å². The number of methoxy groups -OCH3 is 1. The second-order valence-corrected chi connectivity index (χ2v) is 9.70. The molecule has 37 heavy (non-hydrogen) atoms. The Morgan fingerprint density at radius 2 is 1.65 bits per heavy atom. The van der Waals surface area contributed by atoms with E-state index in [1.807, 2.05) is 0 Å². The molecule has 2 saturated heterocycles. The number of likely N-dealkylation sites (tertiary alicyclic amines) is 1. The predicted molar refractivity (Wildman–Crippen MR) is 133 cm³/mol. The first-order valence-electron chi connectivity index (χ1n) is 12.0. The number of aromatic hydroxyl groups is 2. The maximum atomic E-state index is 13.9. The third-order valence-electron chi connectivity index (χ3n) is 7.71. The van der Waals surface area contributed by atoms with Gasteiger partial charge in [0.05, 0.1) is 25.5 Å². The summed E-state index contributed by atoms with van der Waals surface area (Å²) in [6.07, 6.45) is 0.265. The number of hydrogen-bond donors (Lipinski definition) is 4. The molecule has 188 valence electrons. The number of ether oxygens (including phenoxy) is 1. The van der Waals surface area contributed by atoms with Crippen LogP contribution in [-0.4, -0.2) is 46.0 Å². The van der Waals surface area contributed by atoms with Crippen LogP contribution in [0.1, 0.15) is 16.7 Å². The first kappa shape index (κ1) is 23.1. The Labute approximate surface area is 212 Å². The highest BCUT2D eigenvalue weighted by molar-refractivity contribution is 6.15. The van der Waals surface area contributed by atoms with Crippen molar-refractivity contribution in [3.05, 3.63) is 83.4 Å². The molecule has 0 unspecified atom stereocenters. The molecule has 3 aliphatic rings. The summed E-state index contributed by atoms with van der Waals surface area (Å²) in [6.45, 7) is 0.0841. The van der Waals surface area contributed by atoms with Gasteiger partial charge in [0.25, 0.3) is 0 Å². The highest BCUT2D eigenvalue weighted by atomic mass is 16.5. The van der Waals surface area contributed by atoms with Crippen molar-refractivity contribution < 1.29 is 29.3 Å². The number of fused-ring (bicyclic) bond motifs is 4. The minimum atomic E-state index is -1.40. The van der Waals surface area contributed by atoms with Gasteiger partial charge in [0.1, 0.15) is 11.3 Å². The summed E-state index contributed by atoms with van der Waals surface area (Å²) in [6, 6.07) is 18.2. The molecule has 9 heteroatoms. The van der Waals surface area contributed by atoms with E-state index >= 15 is 0 Å². The maximum Gasteiger partial charge on any atom is 0.250 e. The molecule has 1 spiro atoms. The number of rotatable bonds is 5. The van der Waals surface area contributed by atoms with Crippen LogP contribution in [0.15, 0.2) is 66.7 Å². The molecule has 0 bridgehead atoms. The highest BCUT2D eigenvalue weighted by Gasteiger charge is 2.70. The topological polar surface area (TPSA) is 128 Å². The molecule has 0 aliphatic carbocycles. The zero-order valence-electron chi connectivity index (χ0n) is 20.0. The Hall–Kier alpha value is -4.37. The lowest BCUT2D eigenvalue weighted by atomic mass is 9.76. The van der Waals surface area contributed by atoms with Crippen molar-refractivity contribution in [2.45, 2.75) is 24.5 Å². The normalized spacial score (nSPS) is 25.9. The summed E-state index contributed by atoms with van der Waals surface area (Å²) in [7, 11) is 1.56. The van der Waals surface area contributed by atoms with Crippen molar-refractivity contribution in [1.82, 2.24) is 10.2 Å².